The number of nitrogens with zero attached hydrogens (tertiary/aromatic N) is 1. The van der Waals surface area contributed by atoms with Crippen LogP contribution in [-0.4, -0.2) is 42.7 Å². The van der Waals surface area contributed by atoms with Crippen molar-refractivity contribution >= 4 is 27.3 Å². The molecule has 168 valence electrons. The molecule has 32 heavy (non-hydrogen) atoms. The third kappa shape index (κ3) is 4.62. The number of carbonyl (C=O) groups is 1. The lowest BCUT2D eigenvalue weighted by Gasteiger charge is -2.22. The summed E-state index contributed by atoms with van der Waals surface area (Å²) in [5, 5.41) is 2.78. The molecule has 0 bridgehead atoms. The molecule has 0 spiro atoms. The number of benzene rings is 3. The van der Waals surface area contributed by atoms with Crippen LogP contribution in [0.4, 0.5) is 11.4 Å². The smallest absolute Gasteiger partial charge is 0.264 e. The fraction of sp³-hybridized carbons (Fsp3) is 0.174. The maximum absolute atomic E-state index is 13.3. The topological polar surface area (TPSA) is 94.2 Å². The molecule has 0 saturated heterocycles. The van der Waals surface area contributed by atoms with Gasteiger partial charge in [-0.1, -0.05) is 12.1 Å². The summed E-state index contributed by atoms with van der Waals surface area (Å²) in [6.07, 6.45) is 0. The first-order chi connectivity index (χ1) is 15.3. The summed E-state index contributed by atoms with van der Waals surface area (Å²) in [5.41, 5.74) is 0.985. The fourth-order valence-corrected chi connectivity index (χ4v) is 4.31. The molecule has 0 aliphatic heterocycles. The fourth-order valence-electron chi connectivity index (χ4n) is 3.08. The Morgan fingerprint density at radius 2 is 1.50 bits per heavy atom. The van der Waals surface area contributed by atoms with Crippen molar-refractivity contribution in [2.75, 3.05) is 38.0 Å². The molecule has 3 rings (SSSR count). The Morgan fingerprint density at radius 3 is 2.12 bits per heavy atom. The number of carbonyl (C=O) groups excluding carboxylic acids is 1. The summed E-state index contributed by atoms with van der Waals surface area (Å²) in [7, 11) is 1.86. The molecule has 0 saturated carbocycles. The quantitative estimate of drug-likeness (QED) is 0.554. The number of sulfonamides is 1. The van der Waals surface area contributed by atoms with E-state index in [0.29, 0.717) is 17.2 Å². The van der Waals surface area contributed by atoms with Gasteiger partial charge in [0.05, 0.1) is 37.5 Å². The minimum absolute atomic E-state index is 0.00279. The second kappa shape index (κ2) is 9.61. The zero-order chi connectivity index (χ0) is 23.3. The molecule has 0 radical (unpaired) electrons. The van der Waals surface area contributed by atoms with Gasteiger partial charge in [-0.2, -0.15) is 0 Å². The molecular formula is C23H24N2O6S. The Morgan fingerprint density at radius 1 is 0.844 bits per heavy atom. The molecule has 0 fully saturated rings. The van der Waals surface area contributed by atoms with Crippen LogP contribution in [0.3, 0.4) is 0 Å². The van der Waals surface area contributed by atoms with Crippen LogP contribution < -0.4 is 23.8 Å². The van der Waals surface area contributed by atoms with Gasteiger partial charge in [-0.15, -0.1) is 0 Å². The van der Waals surface area contributed by atoms with Crippen molar-refractivity contribution < 1.29 is 27.4 Å². The highest BCUT2D eigenvalue weighted by atomic mass is 32.2. The first-order valence-electron chi connectivity index (χ1n) is 9.57. The number of nitrogens with one attached hydrogen (secondary N) is 1. The number of rotatable bonds is 8. The Kier molecular flexibility index (Phi) is 6.89. The van der Waals surface area contributed by atoms with Gasteiger partial charge in [0, 0.05) is 18.8 Å². The number of hydrogen-bond donors (Lipinski definition) is 1. The number of hydrogen-bond acceptors (Lipinski definition) is 6. The number of amides is 1. The molecule has 0 aromatic heterocycles. The van der Waals surface area contributed by atoms with Crippen LogP contribution in [0.15, 0.2) is 71.6 Å². The van der Waals surface area contributed by atoms with E-state index in [1.165, 1.54) is 39.5 Å². The van der Waals surface area contributed by atoms with E-state index in [1.807, 2.05) is 0 Å². The SMILES string of the molecule is COc1ccc(NC(=O)c2ccccc2N(C)S(=O)(=O)c2ccc(OC)c(OC)c2)cc1. The standard InChI is InChI=1S/C23H24N2O6S/c1-25(32(27,28)18-13-14-21(30-3)22(15-18)31-4)20-8-6-5-7-19(20)23(26)24-16-9-11-17(29-2)12-10-16/h5-15H,1-4H3,(H,24,26). The van der Waals surface area contributed by atoms with E-state index in [9.17, 15) is 13.2 Å². The normalized spacial score (nSPS) is 10.9. The van der Waals surface area contributed by atoms with Crippen LogP contribution in [0, 0.1) is 0 Å². The molecule has 3 aromatic carbocycles. The molecule has 0 aliphatic rings. The van der Waals surface area contributed by atoms with Gasteiger partial charge in [-0.05, 0) is 48.5 Å². The zero-order valence-corrected chi connectivity index (χ0v) is 19.0. The van der Waals surface area contributed by atoms with Crippen molar-refractivity contribution in [2.45, 2.75) is 4.90 Å². The zero-order valence-electron chi connectivity index (χ0n) is 18.2. The van der Waals surface area contributed by atoms with Crippen molar-refractivity contribution in [3.05, 3.63) is 72.3 Å². The summed E-state index contributed by atoms with van der Waals surface area (Å²) >= 11 is 0. The van der Waals surface area contributed by atoms with Crippen LogP contribution in [0.1, 0.15) is 10.4 Å². The Bertz CT molecular complexity index is 1210. The third-order valence-corrected chi connectivity index (χ3v) is 6.62. The monoisotopic (exact) mass is 456 g/mol. The van der Waals surface area contributed by atoms with E-state index >= 15 is 0 Å². The average molecular weight is 457 g/mol. The van der Waals surface area contributed by atoms with E-state index in [4.69, 9.17) is 14.2 Å². The predicted octanol–water partition coefficient (Wildman–Crippen LogP) is 3.79. The molecule has 3 aromatic rings. The summed E-state index contributed by atoms with van der Waals surface area (Å²) in [5.74, 6) is 0.908. The molecular weight excluding hydrogens is 432 g/mol. The summed E-state index contributed by atoms with van der Waals surface area (Å²) in [6, 6.07) is 17.6. The van der Waals surface area contributed by atoms with Crippen molar-refractivity contribution in [2.24, 2.45) is 0 Å². The molecule has 0 aliphatic carbocycles. The lowest BCUT2D eigenvalue weighted by molar-refractivity contribution is 0.102. The Balaban J connectivity index is 1.93. The van der Waals surface area contributed by atoms with E-state index in [1.54, 1.807) is 55.6 Å². The second-order valence-corrected chi connectivity index (χ2v) is 8.66. The van der Waals surface area contributed by atoms with Crippen molar-refractivity contribution in [3.63, 3.8) is 0 Å². The van der Waals surface area contributed by atoms with E-state index in [0.717, 1.165) is 4.31 Å². The van der Waals surface area contributed by atoms with Crippen LogP contribution >= 0.6 is 0 Å². The molecule has 1 N–H and O–H groups in total. The van der Waals surface area contributed by atoms with Gasteiger partial charge < -0.3 is 19.5 Å². The lowest BCUT2D eigenvalue weighted by Crippen LogP contribution is -2.29. The highest BCUT2D eigenvalue weighted by Gasteiger charge is 2.26. The first-order valence-corrected chi connectivity index (χ1v) is 11.0. The number of ether oxygens (including phenoxy) is 3. The van der Waals surface area contributed by atoms with Crippen LogP contribution in [0.2, 0.25) is 0 Å². The van der Waals surface area contributed by atoms with Gasteiger partial charge in [0.15, 0.2) is 11.5 Å². The lowest BCUT2D eigenvalue weighted by atomic mass is 10.1. The van der Waals surface area contributed by atoms with Gasteiger partial charge in [-0.25, -0.2) is 8.42 Å². The van der Waals surface area contributed by atoms with Crippen LogP contribution in [0.25, 0.3) is 0 Å². The highest BCUT2D eigenvalue weighted by molar-refractivity contribution is 7.92. The largest absolute Gasteiger partial charge is 0.497 e. The minimum Gasteiger partial charge on any atom is -0.497 e. The number of methoxy groups -OCH3 is 3. The van der Waals surface area contributed by atoms with Gasteiger partial charge in [0.25, 0.3) is 15.9 Å². The number of para-hydroxylation sites is 1. The van der Waals surface area contributed by atoms with Gasteiger partial charge in [-0.3, -0.25) is 9.10 Å². The predicted molar refractivity (Wildman–Crippen MR) is 123 cm³/mol. The van der Waals surface area contributed by atoms with E-state index in [2.05, 4.69) is 5.32 Å². The molecule has 0 atom stereocenters. The minimum atomic E-state index is -3.99. The molecule has 0 heterocycles. The summed E-state index contributed by atoms with van der Waals surface area (Å²) in [6.45, 7) is 0. The van der Waals surface area contributed by atoms with E-state index in [-0.39, 0.29) is 21.9 Å². The van der Waals surface area contributed by atoms with Crippen molar-refractivity contribution in [1.29, 1.82) is 0 Å². The van der Waals surface area contributed by atoms with Gasteiger partial charge in [0.1, 0.15) is 5.75 Å². The third-order valence-electron chi connectivity index (χ3n) is 4.85. The van der Waals surface area contributed by atoms with Gasteiger partial charge >= 0.3 is 0 Å². The summed E-state index contributed by atoms with van der Waals surface area (Å²) in [4.78, 5) is 12.9. The maximum Gasteiger partial charge on any atom is 0.264 e. The number of anilines is 2. The highest BCUT2D eigenvalue weighted by Crippen LogP contribution is 2.32. The van der Waals surface area contributed by atoms with Crippen molar-refractivity contribution in [3.8, 4) is 17.2 Å². The Labute approximate surface area is 187 Å². The molecule has 8 nitrogen and oxygen atoms in total. The second-order valence-electron chi connectivity index (χ2n) is 6.69. The maximum atomic E-state index is 13.3. The molecule has 0 unspecified atom stereocenters. The molecule has 9 heteroatoms. The van der Waals surface area contributed by atoms with E-state index < -0.39 is 15.9 Å². The first kappa shape index (κ1) is 23.0. The average Bonchev–Trinajstić information content (AvgIpc) is 2.83. The molecule has 1 amide bonds. The summed E-state index contributed by atoms with van der Waals surface area (Å²) < 4.78 is 43.2. The van der Waals surface area contributed by atoms with Crippen LogP contribution in [-0.2, 0) is 10.0 Å². The van der Waals surface area contributed by atoms with Gasteiger partial charge in [0.2, 0.25) is 0 Å². The Hall–Kier alpha value is -3.72. The van der Waals surface area contributed by atoms with Crippen LogP contribution in [0.5, 0.6) is 17.2 Å². The van der Waals surface area contributed by atoms with Crippen molar-refractivity contribution in [1.82, 2.24) is 0 Å².